The van der Waals surface area contributed by atoms with Crippen LogP contribution in [0.1, 0.15) is 23.1 Å². The van der Waals surface area contributed by atoms with Gasteiger partial charge in [-0.05, 0) is 37.0 Å². The molecule has 1 N–H and O–H groups in total. The molecule has 1 saturated heterocycles. The molecule has 1 atom stereocenters. The normalized spacial score (nSPS) is 23.5. The first-order valence-corrected chi connectivity index (χ1v) is 6.74. The van der Waals surface area contributed by atoms with Gasteiger partial charge in [0.05, 0.1) is 0 Å². The van der Waals surface area contributed by atoms with E-state index in [1.54, 1.807) is 4.90 Å². The van der Waals surface area contributed by atoms with Gasteiger partial charge in [0.15, 0.2) is 5.41 Å². The van der Waals surface area contributed by atoms with Crippen molar-refractivity contribution in [2.75, 3.05) is 13.1 Å². The van der Waals surface area contributed by atoms with E-state index in [9.17, 15) is 18.0 Å². The lowest BCUT2D eigenvalue weighted by Crippen LogP contribution is -2.47. The molecule has 1 aromatic carbocycles. The van der Waals surface area contributed by atoms with E-state index < -0.39 is 30.5 Å². The van der Waals surface area contributed by atoms with E-state index in [0.29, 0.717) is 6.54 Å². The van der Waals surface area contributed by atoms with Crippen LogP contribution in [0.5, 0.6) is 0 Å². The van der Waals surface area contributed by atoms with Gasteiger partial charge in [0.25, 0.3) is 0 Å². The molecule has 2 rings (SSSR count). The Morgan fingerprint density at radius 1 is 1.33 bits per heavy atom. The maximum atomic E-state index is 13.1. The standard InChI is InChI=1S/C15H18F3NO2/c1-10-3-4-12(7-11(10)2)8-19-6-5-14(9-19,13(20)21)15(16,17)18/h3-4,7H,5-6,8-9H2,1-2H3,(H,20,21). The highest BCUT2D eigenvalue weighted by atomic mass is 19.4. The second-order valence-electron chi connectivity index (χ2n) is 5.76. The quantitative estimate of drug-likeness (QED) is 0.932. The molecule has 1 heterocycles. The Morgan fingerprint density at radius 3 is 2.48 bits per heavy atom. The number of nitrogens with zero attached hydrogens (tertiary/aromatic N) is 1. The third kappa shape index (κ3) is 2.90. The lowest BCUT2D eigenvalue weighted by molar-refractivity contribution is -0.227. The number of aryl methyl sites for hydroxylation is 2. The van der Waals surface area contributed by atoms with Crippen LogP contribution in [0.2, 0.25) is 0 Å². The number of rotatable bonds is 3. The zero-order valence-electron chi connectivity index (χ0n) is 12.0. The van der Waals surface area contributed by atoms with Crippen molar-refractivity contribution in [3.63, 3.8) is 0 Å². The van der Waals surface area contributed by atoms with Crippen LogP contribution in [0.4, 0.5) is 13.2 Å². The van der Waals surface area contributed by atoms with E-state index in [2.05, 4.69) is 0 Å². The van der Waals surface area contributed by atoms with Crippen molar-refractivity contribution in [3.8, 4) is 0 Å². The largest absolute Gasteiger partial charge is 0.481 e. The average molecular weight is 301 g/mol. The fourth-order valence-corrected chi connectivity index (χ4v) is 2.71. The summed E-state index contributed by atoms with van der Waals surface area (Å²) in [4.78, 5) is 12.7. The Balaban J connectivity index is 2.14. The monoisotopic (exact) mass is 301 g/mol. The summed E-state index contributed by atoms with van der Waals surface area (Å²) in [5.41, 5.74) is 0.469. The fourth-order valence-electron chi connectivity index (χ4n) is 2.71. The molecule has 0 aliphatic carbocycles. The number of benzene rings is 1. The van der Waals surface area contributed by atoms with Gasteiger partial charge in [-0.25, -0.2) is 0 Å². The Kier molecular flexibility index (Phi) is 4.02. The number of alkyl halides is 3. The molecule has 0 radical (unpaired) electrons. The van der Waals surface area contributed by atoms with Gasteiger partial charge in [-0.15, -0.1) is 0 Å². The van der Waals surface area contributed by atoms with Crippen LogP contribution in [0, 0.1) is 19.3 Å². The minimum Gasteiger partial charge on any atom is -0.481 e. The molecule has 0 spiro atoms. The highest BCUT2D eigenvalue weighted by Crippen LogP contribution is 2.46. The number of carboxylic acid groups (broad SMARTS) is 1. The first kappa shape index (κ1) is 15.8. The van der Waals surface area contributed by atoms with Crippen molar-refractivity contribution in [1.82, 2.24) is 4.90 Å². The van der Waals surface area contributed by atoms with E-state index >= 15 is 0 Å². The van der Waals surface area contributed by atoms with E-state index in [1.165, 1.54) is 0 Å². The summed E-state index contributed by atoms with van der Waals surface area (Å²) in [7, 11) is 0. The lowest BCUT2D eigenvalue weighted by Gasteiger charge is -2.27. The molecule has 0 amide bonds. The molecule has 1 unspecified atom stereocenters. The lowest BCUT2D eigenvalue weighted by atomic mass is 9.86. The van der Waals surface area contributed by atoms with Crippen molar-refractivity contribution in [3.05, 3.63) is 34.9 Å². The second kappa shape index (κ2) is 5.33. The van der Waals surface area contributed by atoms with E-state index in [4.69, 9.17) is 5.11 Å². The van der Waals surface area contributed by atoms with E-state index in [1.807, 2.05) is 32.0 Å². The van der Waals surface area contributed by atoms with Gasteiger partial charge < -0.3 is 5.11 Å². The Hall–Kier alpha value is -1.56. The number of aliphatic carboxylic acids is 1. The van der Waals surface area contributed by atoms with Crippen molar-refractivity contribution >= 4 is 5.97 Å². The number of hydrogen-bond donors (Lipinski definition) is 1. The van der Waals surface area contributed by atoms with Crippen LogP contribution in [0.25, 0.3) is 0 Å². The number of hydrogen-bond acceptors (Lipinski definition) is 2. The van der Waals surface area contributed by atoms with Gasteiger partial charge >= 0.3 is 12.1 Å². The van der Waals surface area contributed by atoms with E-state index in [-0.39, 0.29) is 6.54 Å². The first-order chi connectivity index (χ1) is 9.65. The molecule has 6 heteroatoms. The number of halogens is 3. The van der Waals surface area contributed by atoms with Gasteiger partial charge in [-0.2, -0.15) is 13.2 Å². The third-order valence-electron chi connectivity index (χ3n) is 4.28. The highest BCUT2D eigenvalue weighted by Gasteiger charge is 2.63. The molecule has 0 aromatic heterocycles. The average Bonchev–Trinajstić information content (AvgIpc) is 2.79. The number of carbonyl (C=O) groups is 1. The van der Waals surface area contributed by atoms with Gasteiger partial charge in [0.2, 0.25) is 0 Å². The fraction of sp³-hybridized carbons (Fsp3) is 0.533. The molecule has 1 fully saturated rings. The number of carboxylic acids is 1. The van der Waals surface area contributed by atoms with Crippen LogP contribution >= 0.6 is 0 Å². The van der Waals surface area contributed by atoms with Gasteiger partial charge in [0.1, 0.15) is 0 Å². The summed E-state index contributed by atoms with van der Waals surface area (Å²) in [5.74, 6) is -1.78. The van der Waals surface area contributed by atoms with E-state index in [0.717, 1.165) is 16.7 Å². The molecular formula is C15H18F3NO2. The Morgan fingerprint density at radius 2 is 2.00 bits per heavy atom. The second-order valence-corrected chi connectivity index (χ2v) is 5.76. The summed E-state index contributed by atoms with van der Waals surface area (Å²) >= 11 is 0. The van der Waals surface area contributed by atoms with Gasteiger partial charge in [-0.3, -0.25) is 9.69 Å². The highest BCUT2D eigenvalue weighted by molar-refractivity contribution is 5.76. The minimum atomic E-state index is -4.73. The van der Waals surface area contributed by atoms with Gasteiger partial charge in [0, 0.05) is 19.6 Å². The molecule has 1 aromatic rings. The van der Waals surface area contributed by atoms with Gasteiger partial charge in [-0.1, -0.05) is 18.2 Å². The smallest absolute Gasteiger partial charge is 0.406 e. The molecule has 0 saturated carbocycles. The minimum absolute atomic E-state index is 0.138. The Bertz CT molecular complexity index is 556. The van der Waals surface area contributed by atoms with Crippen molar-refractivity contribution in [2.45, 2.75) is 33.0 Å². The van der Waals surface area contributed by atoms with Crippen LogP contribution < -0.4 is 0 Å². The van der Waals surface area contributed by atoms with Crippen molar-refractivity contribution < 1.29 is 23.1 Å². The van der Waals surface area contributed by atoms with Crippen molar-refractivity contribution in [1.29, 1.82) is 0 Å². The SMILES string of the molecule is Cc1ccc(CN2CCC(C(=O)O)(C(F)(F)F)C2)cc1C. The molecule has 0 bridgehead atoms. The molecular weight excluding hydrogens is 283 g/mol. The number of likely N-dealkylation sites (tertiary alicyclic amines) is 1. The third-order valence-corrected chi connectivity index (χ3v) is 4.28. The maximum Gasteiger partial charge on any atom is 0.406 e. The molecule has 116 valence electrons. The van der Waals surface area contributed by atoms with Crippen molar-refractivity contribution in [2.24, 2.45) is 5.41 Å². The Labute approximate surface area is 121 Å². The van der Waals surface area contributed by atoms with Crippen LogP contribution in [0.3, 0.4) is 0 Å². The predicted molar refractivity (Wildman–Crippen MR) is 71.9 cm³/mol. The summed E-state index contributed by atoms with van der Waals surface area (Å²) in [6.07, 6.45) is -5.12. The molecule has 1 aliphatic heterocycles. The topological polar surface area (TPSA) is 40.5 Å². The predicted octanol–water partition coefficient (Wildman–Crippen LogP) is 3.14. The van der Waals surface area contributed by atoms with Crippen LogP contribution in [-0.2, 0) is 11.3 Å². The summed E-state index contributed by atoms with van der Waals surface area (Å²) in [5, 5.41) is 9.02. The maximum absolute atomic E-state index is 13.1. The first-order valence-electron chi connectivity index (χ1n) is 6.74. The summed E-state index contributed by atoms with van der Waals surface area (Å²) in [6, 6.07) is 5.73. The van der Waals surface area contributed by atoms with Crippen LogP contribution in [0.15, 0.2) is 18.2 Å². The summed E-state index contributed by atoms with van der Waals surface area (Å²) in [6.45, 7) is 3.90. The zero-order chi connectivity index (χ0) is 15.8. The molecule has 3 nitrogen and oxygen atoms in total. The molecule has 1 aliphatic rings. The molecule has 21 heavy (non-hydrogen) atoms. The summed E-state index contributed by atoms with van der Waals surface area (Å²) < 4.78 is 39.3. The van der Waals surface area contributed by atoms with Crippen LogP contribution in [-0.4, -0.2) is 35.2 Å². The zero-order valence-corrected chi connectivity index (χ0v) is 12.0.